The number of nitrogens with zero attached hydrogens (tertiary/aromatic N) is 3. The standard InChI is InChI=1S/C21H18N6O3/c28-19(22-11-14-5-4-8-16(9-14)20-24-13-25-26-20)12-23-21(29)17-10-18(30-27-17)15-6-2-1-3-7-15/h1-10,13H,11-12H2,(H,22,28)(H,23,29)(H,24,25,26). The van der Waals surface area contributed by atoms with Crippen molar-refractivity contribution in [2.24, 2.45) is 0 Å². The van der Waals surface area contributed by atoms with Crippen LogP contribution in [0.3, 0.4) is 0 Å². The molecule has 0 aliphatic heterocycles. The predicted octanol–water partition coefficient (Wildman–Crippen LogP) is 2.17. The van der Waals surface area contributed by atoms with Gasteiger partial charge in [0.25, 0.3) is 5.91 Å². The number of carbonyl (C=O) groups is 2. The predicted molar refractivity (Wildman–Crippen MR) is 108 cm³/mol. The lowest BCUT2D eigenvalue weighted by molar-refractivity contribution is -0.120. The van der Waals surface area contributed by atoms with E-state index >= 15 is 0 Å². The highest BCUT2D eigenvalue weighted by Crippen LogP contribution is 2.19. The Kier molecular flexibility index (Phi) is 5.61. The van der Waals surface area contributed by atoms with Gasteiger partial charge >= 0.3 is 0 Å². The molecule has 4 aromatic rings. The maximum Gasteiger partial charge on any atom is 0.273 e. The molecule has 0 saturated heterocycles. The summed E-state index contributed by atoms with van der Waals surface area (Å²) in [5, 5.41) is 15.7. The molecule has 2 aromatic heterocycles. The summed E-state index contributed by atoms with van der Waals surface area (Å²) >= 11 is 0. The Hall–Kier alpha value is -4.27. The molecule has 2 heterocycles. The Morgan fingerprint density at radius 1 is 0.967 bits per heavy atom. The number of aromatic amines is 1. The van der Waals surface area contributed by atoms with E-state index in [1.165, 1.54) is 12.4 Å². The molecule has 2 aromatic carbocycles. The molecule has 0 aliphatic carbocycles. The number of hydrogen-bond donors (Lipinski definition) is 3. The van der Waals surface area contributed by atoms with Crippen LogP contribution in [0, 0.1) is 0 Å². The van der Waals surface area contributed by atoms with Crippen molar-refractivity contribution < 1.29 is 14.1 Å². The number of amides is 2. The number of benzene rings is 2. The van der Waals surface area contributed by atoms with E-state index in [1.807, 2.05) is 54.6 Å². The molecule has 2 amide bonds. The van der Waals surface area contributed by atoms with Crippen LogP contribution in [0.2, 0.25) is 0 Å². The second kappa shape index (κ2) is 8.82. The highest BCUT2D eigenvalue weighted by atomic mass is 16.5. The lowest BCUT2D eigenvalue weighted by atomic mass is 10.1. The number of hydrogen-bond acceptors (Lipinski definition) is 6. The van der Waals surface area contributed by atoms with Crippen molar-refractivity contribution in [3.63, 3.8) is 0 Å². The van der Waals surface area contributed by atoms with Crippen molar-refractivity contribution in [2.45, 2.75) is 6.54 Å². The topological polar surface area (TPSA) is 126 Å². The van der Waals surface area contributed by atoms with Crippen molar-refractivity contribution in [3.05, 3.63) is 78.2 Å². The summed E-state index contributed by atoms with van der Waals surface area (Å²) in [6.07, 6.45) is 1.43. The first-order valence-electron chi connectivity index (χ1n) is 9.21. The second-order valence-corrected chi connectivity index (χ2v) is 6.44. The van der Waals surface area contributed by atoms with Gasteiger partial charge in [0, 0.05) is 23.7 Å². The molecule has 0 bridgehead atoms. The van der Waals surface area contributed by atoms with Crippen LogP contribution < -0.4 is 10.6 Å². The largest absolute Gasteiger partial charge is 0.355 e. The van der Waals surface area contributed by atoms with Gasteiger partial charge in [-0.1, -0.05) is 53.7 Å². The minimum atomic E-state index is -0.483. The van der Waals surface area contributed by atoms with Crippen LogP contribution in [0.1, 0.15) is 16.1 Å². The monoisotopic (exact) mass is 402 g/mol. The summed E-state index contributed by atoms with van der Waals surface area (Å²) in [4.78, 5) is 28.4. The molecular formula is C21H18N6O3. The number of carbonyl (C=O) groups excluding carboxylic acids is 2. The summed E-state index contributed by atoms with van der Waals surface area (Å²) in [5.74, 6) is 0.332. The van der Waals surface area contributed by atoms with E-state index in [2.05, 4.69) is 31.0 Å². The molecule has 0 aliphatic rings. The first-order chi connectivity index (χ1) is 14.7. The van der Waals surface area contributed by atoms with Gasteiger partial charge in [0.2, 0.25) is 5.91 Å². The summed E-state index contributed by atoms with van der Waals surface area (Å²) < 4.78 is 5.20. The zero-order valence-electron chi connectivity index (χ0n) is 15.8. The van der Waals surface area contributed by atoms with Crippen LogP contribution in [0.5, 0.6) is 0 Å². The molecule has 0 radical (unpaired) electrons. The maximum atomic E-state index is 12.2. The molecule has 150 valence electrons. The van der Waals surface area contributed by atoms with E-state index in [9.17, 15) is 9.59 Å². The molecule has 9 heteroatoms. The third kappa shape index (κ3) is 4.58. The SMILES string of the molecule is O=C(CNC(=O)c1cc(-c2ccccc2)on1)NCc1cccc(-c2ncn[nH]2)c1. The maximum absolute atomic E-state index is 12.2. The Morgan fingerprint density at radius 3 is 2.60 bits per heavy atom. The first-order valence-corrected chi connectivity index (χ1v) is 9.21. The lowest BCUT2D eigenvalue weighted by Gasteiger charge is -2.07. The van der Waals surface area contributed by atoms with Gasteiger partial charge in [0.1, 0.15) is 6.33 Å². The van der Waals surface area contributed by atoms with Crippen molar-refractivity contribution in [2.75, 3.05) is 6.54 Å². The average Bonchev–Trinajstić information content (AvgIpc) is 3.49. The van der Waals surface area contributed by atoms with Crippen molar-refractivity contribution in [3.8, 4) is 22.7 Å². The Labute approximate surface area is 171 Å². The molecule has 9 nitrogen and oxygen atoms in total. The molecular weight excluding hydrogens is 384 g/mol. The minimum Gasteiger partial charge on any atom is -0.355 e. The quantitative estimate of drug-likeness (QED) is 0.435. The molecule has 0 saturated carbocycles. The number of rotatable bonds is 7. The molecule has 3 N–H and O–H groups in total. The molecule has 0 atom stereocenters. The van der Waals surface area contributed by atoms with Gasteiger partial charge in [-0.25, -0.2) is 4.98 Å². The van der Waals surface area contributed by atoms with Gasteiger partial charge in [-0.05, 0) is 11.6 Å². The van der Waals surface area contributed by atoms with Crippen LogP contribution in [0.15, 0.2) is 71.5 Å². The summed E-state index contributed by atoms with van der Waals surface area (Å²) in [6.45, 7) is 0.146. The van der Waals surface area contributed by atoms with E-state index in [0.29, 0.717) is 18.1 Å². The first kappa shape index (κ1) is 19.1. The highest BCUT2D eigenvalue weighted by molar-refractivity contribution is 5.95. The smallest absolute Gasteiger partial charge is 0.273 e. The van der Waals surface area contributed by atoms with Crippen LogP contribution in [-0.2, 0) is 11.3 Å². The van der Waals surface area contributed by atoms with E-state index in [4.69, 9.17) is 4.52 Å². The summed E-state index contributed by atoms with van der Waals surface area (Å²) in [7, 11) is 0. The van der Waals surface area contributed by atoms with Gasteiger partial charge < -0.3 is 15.2 Å². The minimum absolute atomic E-state index is 0.112. The fourth-order valence-corrected chi connectivity index (χ4v) is 2.81. The Balaban J connectivity index is 1.28. The molecule has 0 unspecified atom stereocenters. The van der Waals surface area contributed by atoms with Gasteiger partial charge in [-0.3, -0.25) is 14.7 Å². The molecule has 4 rings (SSSR count). The molecule has 30 heavy (non-hydrogen) atoms. The second-order valence-electron chi connectivity index (χ2n) is 6.44. The van der Waals surface area contributed by atoms with Gasteiger partial charge in [0.05, 0.1) is 6.54 Å². The summed E-state index contributed by atoms with van der Waals surface area (Å²) in [6, 6.07) is 18.4. The Bertz CT molecular complexity index is 1140. The van der Waals surface area contributed by atoms with Crippen LogP contribution in [-0.4, -0.2) is 38.7 Å². The van der Waals surface area contributed by atoms with Gasteiger partial charge in [0.15, 0.2) is 17.3 Å². The fraction of sp³-hybridized carbons (Fsp3) is 0.0952. The van der Waals surface area contributed by atoms with Gasteiger partial charge in [-0.2, -0.15) is 5.10 Å². The zero-order valence-corrected chi connectivity index (χ0v) is 15.8. The highest BCUT2D eigenvalue weighted by Gasteiger charge is 2.14. The lowest BCUT2D eigenvalue weighted by Crippen LogP contribution is -2.36. The van der Waals surface area contributed by atoms with Gasteiger partial charge in [-0.15, -0.1) is 0 Å². The van der Waals surface area contributed by atoms with Crippen LogP contribution >= 0.6 is 0 Å². The normalized spacial score (nSPS) is 10.5. The van der Waals surface area contributed by atoms with Crippen molar-refractivity contribution >= 4 is 11.8 Å². The third-order valence-electron chi connectivity index (χ3n) is 4.32. The number of H-pyrrole nitrogens is 1. The van der Waals surface area contributed by atoms with E-state index < -0.39 is 5.91 Å². The number of nitrogens with one attached hydrogen (secondary N) is 3. The molecule has 0 spiro atoms. The molecule has 0 fully saturated rings. The summed E-state index contributed by atoms with van der Waals surface area (Å²) in [5.41, 5.74) is 2.69. The third-order valence-corrected chi connectivity index (χ3v) is 4.32. The zero-order chi connectivity index (χ0) is 20.8. The van der Waals surface area contributed by atoms with Crippen LogP contribution in [0.25, 0.3) is 22.7 Å². The van der Waals surface area contributed by atoms with Crippen molar-refractivity contribution in [1.82, 2.24) is 31.0 Å². The van der Waals surface area contributed by atoms with E-state index in [-0.39, 0.29) is 18.1 Å². The Morgan fingerprint density at radius 2 is 1.80 bits per heavy atom. The van der Waals surface area contributed by atoms with Crippen molar-refractivity contribution in [1.29, 1.82) is 0 Å². The number of aromatic nitrogens is 4. The fourth-order valence-electron chi connectivity index (χ4n) is 2.81. The van der Waals surface area contributed by atoms with Crippen LogP contribution in [0.4, 0.5) is 0 Å². The van der Waals surface area contributed by atoms with E-state index in [0.717, 1.165) is 16.7 Å². The van der Waals surface area contributed by atoms with E-state index in [1.54, 1.807) is 0 Å². The average molecular weight is 402 g/mol.